The Hall–Kier alpha value is -4.87. The normalized spacial score (nSPS) is 16.2. The molecule has 1 N–H and O–H groups in total. The summed E-state index contributed by atoms with van der Waals surface area (Å²) in [6.45, 7) is 3.83. The van der Waals surface area contributed by atoms with E-state index in [0.717, 1.165) is 27.9 Å². The molecule has 5 aromatic carbocycles. The molecule has 0 bridgehead atoms. The van der Waals surface area contributed by atoms with E-state index in [1.807, 2.05) is 114 Å². The monoisotopic (exact) mass is 583 g/mol. The molecule has 0 aromatic heterocycles. The molecule has 1 atom stereocenters. The van der Waals surface area contributed by atoms with Crippen molar-refractivity contribution in [3.8, 4) is 11.5 Å². The van der Waals surface area contributed by atoms with Gasteiger partial charge in [-0.15, -0.1) is 0 Å². The zero-order valence-corrected chi connectivity index (χ0v) is 25.3. The molecule has 0 aliphatic carbocycles. The highest BCUT2D eigenvalue weighted by molar-refractivity contribution is 6.11. The lowest BCUT2D eigenvalue weighted by Gasteiger charge is -2.37. The van der Waals surface area contributed by atoms with Crippen LogP contribution in [0.15, 0.2) is 133 Å². The quantitative estimate of drug-likeness (QED) is 0.182. The molecule has 1 unspecified atom stereocenters. The maximum atomic E-state index is 15.5. The average Bonchev–Trinajstić information content (AvgIpc) is 3.28. The Morgan fingerprint density at radius 3 is 1.91 bits per heavy atom. The van der Waals surface area contributed by atoms with E-state index < -0.39 is 11.0 Å². The molecule has 5 aromatic rings. The SMILES string of the molecule is COc1ccc(C2(CC(C)(C)O)C(=O)N(C(c3ccccc3)c3ccccc3)c3ccccc32)c(OCc2ccccc2)c1. The van der Waals surface area contributed by atoms with Gasteiger partial charge in [-0.3, -0.25) is 9.69 Å². The smallest absolute Gasteiger partial charge is 0.243 e. The summed E-state index contributed by atoms with van der Waals surface area (Å²) >= 11 is 0. The minimum Gasteiger partial charge on any atom is -0.497 e. The van der Waals surface area contributed by atoms with E-state index in [1.165, 1.54) is 0 Å². The lowest BCUT2D eigenvalue weighted by Crippen LogP contribution is -2.47. The summed E-state index contributed by atoms with van der Waals surface area (Å²) in [4.78, 5) is 17.4. The lowest BCUT2D eigenvalue weighted by atomic mass is 9.68. The van der Waals surface area contributed by atoms with Gasteiger partial charge < -0.3 is 14.6 Å². The third-order valence-electron chi connectivity index (χ3n) is 8.28. The second-order valence-electron chi connectivity index (χ2n) is 11.9. The van der Waals surface area contributed by atoms with Crippen LogP contribution in [-0.4, -0.2) is 23.7 Å². The van der Waals surface area contributed by atoms with Gasteiger partial charge in [0.2, 0.25) is 5.91 Å². The van der Waals surface area contributed by atoms with Gasteiger partial charge in [-0.05, 0) is 54.7 Å². The molecule has 6 rings (SSSR count). The van der Waals surface area contributed by atoms with Crippen molar-refractivity contribution in [2.24, 2.45) is 0 Å². The van der Waals surface area contributed by atoms with Crippen LogP contribution in [0.1, 0.15) is 54.1 Å². The highest BCUT2D eigenvalue weighted by atomic mass is 16.5. The zero-order valence-electron chi connectivity index (χ0n) is 25.3. The molecule has 5 nitrogen and oxygen atoms in total. The molecule has 0 fully saturated rings. The number of carbonyl (C=O) groups excluding carboxylic acids is 1. The first-order chi connectivity index (χ1) is 21.3. The molecular formula is C39H37NO4. The highest BCUT2D eigenvalue weighted by Gasteiger charge is 2.57. The van der Waals surface area contributed by atoms with E-state index in [0.29, 0.717) is 23.7 Å². The minimum absolute atomic E-state index is 0.117. The molecule has 1 amide bonds. The van der Waals surface area contributed by atoms with Crippen molar-refractivity contribution in [2.45, 2.75) is 43.9 Å². The van der Waals surface area contributed by atoms with Crippen LogP contribution in [0.4, 0.5) is 5.69 Å². The van der Waals surface area contributed by atoms with Crippen molar-refractivity contribution in [1.29, 1.82) is 0 Å². The molecule has 0 radical (unpaired) electrons. The first-order valence-electron chi connectivity index (χ1n) is 14.9. The second-order valence-corrected chi connectivity index (χ2v) is 11.9. The first kappa shape index (κ1) is 29.2. The van der Waals surface area contributed by atoms with Crippen LogP contribution in [0.3, 0.4) is 0 Å². The summed E-state index contributed by atoms with van der Waals surface area (Å²) < 4.78 is 12.1. The standard InChI is InChI=1S/C39H37NO4/c1-38(2,42)27-39(33-24-23-31(43-3)25-35(33)44-26-28-15-7-4-8-16-28)32-21-13-14-22-34(32)40(37(39)41)36(29-17-9-5-10-18-29)30-19-11-6-12-20-30/h4-25,36,42H,26-27H2,1-3H3. The number of benzene rings is 5. The van der Waals surface area contributed by atoms with Gasteiger partial charge in [-0.25, -0.2) is 0 Å². The van der Waals surface area contributed by atoms with Crippen LogP contribution >= 0.6 is 0 Å². The van der Waals surface area contributed by atoms with Gasteiger partial charge >= 0.3 is 0 Å². The number of fused-ring (bicyclic) bond motifs is 1. The van der Waals surface area contributed by atoms with Gasteiger partial charge in [0.1, 0.15) is 23.5 Å². The maximum Gasteiger partial charge on any atom is 0.243 e. The summed E-state index contributed by atoms with van der Waals surface area (Å²) in [5.74, 6) is 1.05. The number of nitrogens with zero attached hydrogens (tertiary/aromatic N) is 1. The summed E-state index contributed by atoms with van der Waals surface area (Å²) in [5.41, 5.74) is 2.90. The van der Waals surface area contributed by atoms with E-state index in [1.54, 1.807) is 21.0 Å². The number of amides is 1. The van der Waals surface area contributed by atoms with Gasteiger partial charge in [-0.2, -0.15) is 0 Å². The van der Waals surface area contributed by atoms with Gasteiger partial charge in [0.15, 0.2) is 0 Å². The molecule has 5 heteroatoms. The number of methoxy groups -OCH3 is 1. The molecule has 222 valence electrons. The van der Waals surface area contributed by atoms with Crippen LogP contribution < -0.4 is 14.4 Å². The highest BCUT2D eigenvalue weighted by Crippen LogP contribution is 2.55. The molecule has 1 aliphatic heterocycles. The number of anilines is 1. The summed E-state index contributed by atoms with van der Waals surface area (Å²) in [5, 5.41) is 11.5. The van der Waals surface area contributed by atoms with Crippen molar-refractivity contribution in [3.63, 3.8) is 0 Å². The number of rotatable bonds is 10. The Morgan fingerprint density at radius 1 is 0.750 bits per heavy atom. The third kappa shape index (κ3) is 5.47. The topological polar surface area (TPSA) is 59.0 Å². The van der Waals surface area contributed by atoms with Crippen molar-refractivity contribution in [1.82, 2.24) is 0 Å². The largest absolute Gasteiger partial charge is 0.497 e. The van der Waals surface area contributed by atoms with E-state index in [2.05, 4.69) is 24.3 Å². The van der Waals surface area contributed by atoms with E-state index in [4.69, 9.17) is 9.47 Å². The molecule has 0 saturated heterocycles. The molecular weight excluding hydrogens is 546 g/mol. The Bertz CT molecular complexity index is 1690. The average molecular weight is 584 g/mol. The maximum absolute atomic E-state index is 15.5. The van der Waals surface area contributed by atoms with Crippen LogP contribution in [0, 0.1) is 0 Å². The zero-order chi connectivity index (χ0) is 30.7. The fraction of sp³-hybridized carbons (Fsp3) is 0.205. The van der Waals surface area contributed by atoms with Crippen molar-refractivity contribution in [2.75, 3.05) is 12.0 Å². The summed E-state index contributed by atoms with van der Waals surface area (Å²) in [7, 11) is 1.62. The summed E-state index contributed by atoms with van der Waals surface area (Å²) in [6, 6.07) is 43.3. The van der Waals surface area contributed by atoms with Crippen LogP contribution in [0.2, 0.25) is 0 Å². The van der Waals surface area contributed by atoms with Crippen molar-refractivity contribution < 1.29 is 19.4 Å². The Balaban J connectivity index is 1.58. The molecule has 0 saturated carbocycles. The predicted molar refractivity (Wildman–Crippen MR) is 174 cm³/mol. The minimum atomic E-state index is -1.24. The van der Waals surface area contributed by atoms with E-state index in [-0.39, 0.29) is 18.4 Å². The first-order valence-corrected chi connectivity index (χ1v) is 14.9. The fourth-order valence-corrected chi connectivity index (χ4v) is 6.50. The van der Waals surface area contributed by atoms with Crippen LogP contribution in [0.5, 0.6) is 11.5 Å². The van der Waals surface area contributed by atoms with Crippen LogP contribution in [0.25, 0.3) is 0 Å². The number of carbonyl (C=O) groups is 1. The van der Waals surface area contributed by atoms with Gasteiger partial charge in [0.05, 0.1) is 18.8 Å². The van der Waals surface area contributed by atoms with Gasteiger partial charge in [0.25, 0.3) is 0 Å². The Kier molecular flexibility index (Phi) is 7.98. The molecule has 0 spiro atoms. The number of hydrogen-bond donors (Lipinski definition) is 1. The van der Waals surface area contributed by atoms with Gasteiger partial charge in [0, 0.05) is 17.3 Å². The number of hydrogen-bond acceptors (Lipinski definition) is 4. The van der Waals surface area contributed by atoms with E-state index in [9.17, 15) is 5.11 Å². The number of aliphatic hydroxyl groups is 1. The lowest BCUT2D eigenvalue weighted by molar-refractivity contribution is -0.124. The predicted octanol–water partition coefficient (Wildman–Crippen LogP) is 7.86. The Labute approximate surface area is 259 Å². The Morgan fingerprint density at radius 2 is 1.32 bits per heavy atom. The molecule has 44 heavy (non-hydrogen) atoms. The van der Waals surface area contributed by atoms with Crippen molar-refractivity contribution in [3.05, 3.63) is 161 Å². The second kappa shape index (κ2) is 12.0. The third-order valence-corrected chi connectivity index (χ3v) is 8.28. The van der Waals surface area contributed by atoms with Crippen LogP contribution in [-0.2, 0) is 16.8 Å². The summed E-state index contributed by atoms with van der Waals surface area (Å²) in [6.07, 6.45) is 0.149. The molecule has 1 heterocycles. The van der Waals surface area contributed by atoms with Crippen molar-refractivity contribution >= 4 is 11.6 Å². The number of para-hydroxylation sites is 1. The van der Waals surface area contributed by atoms with Gasteiger partial charge in [-0.1, -0.05) is 115 Å². The molecule has 1 aliphatic rings. The fourth-order valence-electron chi connectivity index (χ4n) is 6.50. The van der Waals surface area contributed by atoms with E-state index >= 15 is 4.79 Å². The number of ether oxygens (including phenoxy) is 2.